The number of ether oxygens (including phenoxy) is 1. The molecule has 0 saturated carbocycles. The van der Waals surface area contributed by atoms with Gasteiger partial charge in [-0.15, -0.1) is 0 Å². The number of halogens is 1. The topological polar surface area (TPSA) is 136 Å². The van der Waals surface area contributed by atoms with E-state index in [-0.39, 0.29) is 29.4 Å². The minimum atomic E-state index is -0.887. The van der Waals surface area contributed by atoms with Crippen LogP contribution in [0.15, 0.2) is 18.2 Å². The van der Waals surface area contributed by atoms with Crippen LogP contribution in [0.2, 0.25) is 5.02 Å². The van der Waals surface area contributed by atoms with Crippen molar-refractivity contribution in [3.8, 4) is 11.8 Å². The smallest absolute Gasteiger partial charge is 0.268 e. The quantitative estimate of drug-likeness (QED) is 0.440. The lowest BCUT2D eigenvalue weighted by atomic mass is 9.87. The Bertz CT molecular complexity index is 1150. The van der Waals surface area contributed by atoms with Crippen molar-refractivity contribution in [1.82, 2.24) is 20.9 Å². The van der Waals surface area contributed by atoms with Crippen LogP contribution in [0, 0.1) is 22.7 Å². The van der Waals surface area contributed by atoms with Crippen LogP contribution < -0.4 is 20.7 Å². The number of nitriles is 1. The van der Waals surface area contributed by atoms with E-state index in [1.54, 1.807) is 18.2 Å². The number of piperidine rings is 1. The van der Waals surface area contributed by atoms with E-state index >= 15 is 0 Å². The molecule has 1 aromatic heterocycles. The van der Waals surface area contributed by atoms with Crippen molar-refractivity contribution in [3.63, 3.8) is 0 Å². The number of aromatic nitrogens is 1. The maximum atomic E-state index is 13.2. The van der Waals surface area contributed by atoms with Crippen molar-refractivity contribution in [2.45, 2.75) is 58.5 Å². The first kappa shape index (κ1) is 26.4. The Kier molecular flexibility index (Phi) is 8.28. The maximum Gasteiger partial charge on any atom is 0.268 e. The number of carbonyl (C=O) groups is 3. The van der Waals surface area contributed by atoms with Gasteiger partial charge in [-0.3, -0.25) is 14.4 Å². The zero-order valence-electron chi connectivity index (χ0n) is 20.5. The number of amides is 3. The predicted molar refractivity (Wildman–Crippen MR) is 133 cm³/mol. The Hall–Kier alpha value is -3.25. The van der Waals surface area contributed by atoms with E-state index in [9.17, 15) is 19.6 Å². The molecule has 35 heavy (non-hydrogen) atoms. The van der Waals surface area contributed by atoms with Crippen molar-refractivity contribution in [3.05, 3.63) is 28.9 Å². The maximum absolute atomic E-state index is 13.2. The molecule has 3 rings (SSSR count). The number of methoxy groups -OCH3 is 1. The zero-order valence-corrected chi connectivity index (χ0v) is 21.2. The number of carbonyl (C=O) groups excluding carboxylic acids is 3. The van der Waals surface area contributed by atoms with Gasteiger partial charge < -0.3 is 25.7 Å². The summed E-state index contributed by atoms with van der Waals surface area (Å²) in [7, 11) is 1.53. The van der Waals surface area contributed by atoms with Crippen LogP contribution in [0.3, 0.4) is 0 Å². The van der Waals surface area contributed by atoms with E-state index < -0.39 is 23.9 Å². The molecular formula is C25H32ClN5O4. The fraction of sp³-hybridized carbons (Fsp3) is 0.520. The lowest BCUT2D eigenvalue weighted by Gasteiger charge is -2.28. The molecule has 0 spiro atoms. The van der Waals surface area contributed by atoms with Gasteiger partial charge >= 0.3 is 0 Å². The molecule has 1 aliphatic heterocycles. The van der Waals surface area contributed by atoms with Gasteiger partial charge in [0.25, 0.3) is 5.91 Å². The SMILES string of the molecule is COc1ccc(Cl)c2[nH]c(C(=O)N[C@@H](CC(C)(C)C)C(=O)N[C@H](C#N)C[C@@H]3CCCNC3=O)cc12. The average Bonchev–Trinajstić information content (AvgIpc) is 3.25. The number of hydrogen-bond donors (Lipinski definition) is 4. The normalized spacial score (nSPS) is 17.7. The third kappa shape index (κ3) is 6.67. The molecule has 1 fully saturated rings. The van der Waals surface area contributed by atoms with E-state index in [2.05, 4.69) is 27.0 Å². The van der Waals surface area contributed by atoms with Crippen LogP contribution in [0.25, 0.3) is 10.9 Å². The molecule has 3 atom stereocenters. The summed E-state index contributed by atoms with van der Waals surface area (Å²) in [6.07, 6.45) is 2.08. The van der Waals surface area contributed by atoms with Crippen LogP contribution in [0.4, 0.5) is 0 Å². The number of rotatable bonds is 8. The van der Waals surface area contributed by atoms with Gasteiger partial charge in [-0.2, -0.15) is 5.26 Å². The van der Waals surface area contributed by atoms with Crippen molar-refractivity contribution in [2.75, 3.05) is 13.7 Å². The molecular weight excluding hydrogens is 470 g/mol. The fourth-order valence-corrected chi connectivity index (χ4v) is 4.49. The first-order valence-corrected chi connectivity index (χ1v) is 12.0. The lowest BCUT2D eigenvalue weighted by Crippen LogP contribution is -2.51. The molecule has 0 aliphatic carbocycles. The molecule has 2 aromatic rings. The summed E-state index contributed by atoms with van der Waals surface area (Å²) in [4.78, 5) is 41.4. The Balaban J connectivity index is 1.77. The Morgan fingerprint density at radius 1 is 1.31 bits per heavy atom. The van der Waals surface area contributed by atoms with Crippen LogP contribution in [-0.4, -0.2) is 48.4 Å². The number of H-pyrrole nitrogens is 1. The largest absolute Gasteiger partial charge is 0.496 e. The molecule has 0 unspecified atom stereocenters. The molecule has 9 nitrogen and oxygen atoms in total. The second-order valence-corrected chi connectivity index (χ2v) is 10.5. The van der Waals surface area contributed by atoms with E-state index in [1.807, 2.05) is 20.8 Å². The Morgan fingerprint density at radius 2 is 2.06 bits per heavy atom. The van der Waals surface area contributed by atoms with Crippen molar-refractivity contribution < 1.29 is 19.1 Å². The molecule has 0 radical (unpaired) electrons. The van der Waals surface area contributed by atoms with Gasteiger partial charge in [-0.1, -0.05) is 32.4 Å². The van der Waals surface area contributed by atoms with Crippen molar-refractivity contribution in [2.24, 2.45) is 11.3 Å². The van der Waals surface area contributed by atoms with Gasteiger partial charge in [-0.25, -0.2) is 0 Å². The second-order valence-electron chi connectivity index (χ2n) is 10.1. The van der Waals surface area contributed by atoms with E-state index in [0.717, 1.165) is 6.42 Å². The minimum absolute atomic E-state index is 0.0989. The second kappa shape index (κ2) is 11.0. The van der Waals surface area contributed by atoms with E-state index in [1.165, 1.54) is 7.11 Å². The van der Waals surface area contributed by atoms with Gasteiger partial charge in [0, 0.05) is 17.8 Å². The van der Waals surface area contributed by atoms with Crippen molar-refractivity contribution in [1.29, 1.82) is 5.26 Å². The molecule has 3 amide bonds. The minimum Gasteiger partial charge on any atom is -0.496 e. The van der Waals surface area contributed by atoms with Gasteiger partial charge in [0.1, 0.15) is 23.5 Å². The summed E-state index contributed by atoms with van der Waals surface area (Å²) in [6, 6.07) is 5.36. The molecule has 2 heterocycles. The molecule has 1 saturated heterocycles. The molecule has 10 heteroatoms. The van der Waals surface area contributed by atoms with Crippen LogP contribution in [-0.2, 0) is 9.59 Å². The number of benzene rings is 1. The highest BCUT2D eigenvalue weighted by Gasteiger charge is 2.31. The molecule has 4 N–H and O–H groups in total. The molecule has 1 aromatic carbocycles. The van der Waals surface area contributed by atoms with E-state index in [4.69, 9.17) is 16.3 Å². The van der Waals surface area contributed by atoms with Crippen molar-refractivity contribution >= 4 is 40.2 Å². The van der Waals surface area contributed by atoms with Crippen LogP contribution >= 0.6 is 11.6 Å². The zero-order chi connectivity index (χ0) is 25.8. The third-order valence-corrected chi connectivity index (χ3v) is 6.31. The summed E-state index contributed by atoms with van der Waals surface area (Å²) in [6.45, 7) is 6.51. The monoisotopic (exact) mass is 501 g/mol. The summed E-state index contributed by atoms with van der Waals surface area (Å²) in [5.74, 6) is -0.812. The summed E-state index contributed by atoms with van der Waals surface area (Å²) >= 11 is 6.27. The highest BCUT2D eigenvalue weighted by molar-refractivity contribution is 6.35. The van der Waals surface area contributed by atoms with E-state index in [0.29, 0.717) is 41.1 Å². The number of nitrogens with one attached hydrogen (secondary N) is 4. The first-order chi connectivity index (χ1) is 16.5. The molecule has 0 bridgehead atoms. The number of nitrogens with zero attached hydrogens (tertiary/aromatic N) is 1. The summed E-state index contributed by atoms with van der Waals surface area (Å²) < 4.78 is 5.35. The standard InChI is InChI=1S/C25H32ClN5O4/c1-25(2,3)12-19(24(34)29-15(13-27)10-14-6-5-9-28-22(14)32)31-23(33)18-11-16-20(35-4)8-7-17(26)21(16)30-18/h7-8,11,14-15,19,30H,5-6,9-10,12H2,1-4H3,(H,28,32)(H,29,34)(H,31,33)/t14-,15-,19-/m0/s1. The van der Waals surface area contributed by atoms with Gasteiger partial charge in [0.2, 0.25) is 11.8 Å². The lowest BCUT2D eigenvalue weighted by molar-refractivity contribution is -0.128. The Labute approximate surface area is 209 Å². The average molecular weight is 502 g/mol. The van der Waals surface area contributed by atoms with Crippen LogP contribution in [0.1, 0.15) is 56.9 Å². The fourth-order valence-electron chi connectivity index (χ4n) is 4.28. The number of aromatic amines is 1. The summed E-state index contributed by atoms with van der Waals surface area (Å²) in [5.41, 5.74) is 0.505. The highest BCUT2D eigenvalue weighted by atomic mass is 35.5. The molecule has 188 valence electrons. The third-order valence-electron chi connectivity index (χ3n) is 6.00. The van der Waals surface area contributed by atoms with Gasteiger partial charge in [-0.05, 0) is 49.3 Å². The molecule has 1 aliphatic rings. The highest BCUT2D eigenvalue weighted by Crippen LogP contribution is 2.32. The van der Waals surface area contributed by atoms with Crippen LogP contribution in [0.5, 0.6) is 5.75 Å². The first-order valence-electron chi connectivity index (χ1n) is 11.7. The predicted octanol–water partition coefficient (Wildman–Crippen LogP) is 3.29. The van der Waals surface area contributed by atoms with Gasteiger partial charge in [0.05, 0.1) is 23.7 Å². The summed E-state index contributed by atoms with van der Waals surface area (Å²) in [5, 5.41) is 19.0. The van der Waals surface area contributed by atoms with Gasteiger partial charge in [0.15, 0.2) is 0 Å². The Morgan fingerprint density at radius 3 is 2.69 bits per heavy atom. The number of fused-ring (bicyclic) bond motifs is 1. The number of hydrogen-bond acceptors (Lipinski definition) is 5.